The highest BCUT2D eigenvalue weighted by Gasteiger charge is 1.97. The van der Waals surface area contributed by atoms with Crippen molar-refractivity contribution in [3.8, 4) is 0 Å². The van der Waals surface area contributed by atoms with Gasteiger partial charge in [-0.25, -0.2) is 0 Å². The molecular formula is C7H5IN2O. The maximum absolute atomic E-state index is 11.1. The van der Waals surface area contributed by atoms with E-state index >= 15 is 0 Å². The van der Waals surface area contributed by atoms with Crippen molar-refractivity contribution in [2.24, 2.45) is 0 Å². The number of hydrogen-bond acceptors (Lipinski definition) is 1. The number of aromatic nitrogens is 2. The third kappa shape index (κ3) is 1.07. The first-order chi connectivity index (χ1) is 5.27. The van der Waals surface area contributed by atoms with Crippen molar-refractivity contribution in [3.63, 3.8) is 0 Å². The molecule has 11 heavy (non-hydrogen) atoms. The Balaban J connectivity index is 3.02. The summed E-state index contributed by atoms with van der Waals surface area (Å²) in [5.74, 6) is 0. The van der Waals surface area contributed by atoms with E-state index in [4.69, 9.17) is 0 Å². The fourth-order valence-corrected chi connectivity index (χ4v) is 1.61. The number of hydrogen-bond donors (Lipinski definition) is 1. The van der Waals surface area contributed by atoms with E-state index in [2.05, 4.69) is 27.6 Å². The Morgan fingerprint density at radius 2 is 2.36 bits per heavy atom. The van der Waals surface area contributed by atoms with Gasteiger partial charge in [0.2, 0.25) is 0 Å². The van der Waals surface area contributed by atoms with Gasteiger partial charge in [0.25, 0.3) is 5.56 Å². The van der Waals surface area contributed by atoms with E-state index in [1.54, 1.807) is 10.6 Å². The number of aromatic amines is 1. The molecule has 2 aromatic heterocycles. The molecule has 0 spiro atoms. The maximum atomic E-state index is 11.1. The van der Waals surface area contributed by atoms with E-state index in [0.717, 1.165) is 3.57 Å². The molecule has 0 aliphatic heterocycles. The molecule has 0 saturated heterocycles. The number of nitrogens with zero attached hydrogens (tertiary/aromatic N) is 1. The molecule has 0 radical (unpaired) electrons. The quantitative estimate of drug-likeness (QED) is 0.711. The van der Waals surface area contributed by atoms with Crippen molar-refractivity contribution < 1.29 is 0 Å². The summed E-state index contributed by atoms with van der Waals surface area (Å²) in [5.41, 5.74) is 0.646. The van der Waals surface area contributed by atoms with Gasteiger partial charge in [-0.2, -0.15) is 0 Å². The van der Waals surface area contributed by atoms with Crippen LogP contribution in [0.2, 0.25) is 0 Å². The van der Waals surface area contributed by atoms with E-state index < -0.39 is 0 Å². The molecular weight excluding hydrogens is 255 g/mol. The van der Waals surface area contributed by atoms with Crippen LogP contribution in [-0.4, -0.2) is 9.38 Å². The molecule has 0 unspecified atom stereocenters. The molecule has 4 heteroatoms. The Kier molecular flexibility index (Phi) is 1.49. The number of H-pyrrole nitrogens is 1. The summed E-state index contributed by atoms with van der Waals surface area (Å²) in [5, 5.41) is 0. The summed E-state index contributed by atoms with van der Waals surface area (Å²) in [6.07, 6.45) is 5.36. The molecule has 0 aliphatic rings. The van der Waals surface area contributed by atoms with E-state index in [1.165, 1.54) is 0 Å². The molecule has 0 bridgehead atoms. The Bertz CT molecular complexity index is 443. The maximum Gasteiger partial charge on any atom is 0.272 e. The van der Waals surface area contributed by atoms with Crippen molar-refractivity contribution >= 4 is 28.1 Å². The zero-order chi connectivity index (χ0) is 7.84. The van der Waals surface area contributed by atoms with Crippen LogP contribution >= 0.6 is 22.6 Å². The van der Waals surface area contributed by atoms with Gasteiger partial charge >= 0.3 is 0 Å². The lowest BCUT2D eigenvalue weighted by Gasteiger charge is -1.88. The second kappa shape index (κ2) is 2.37. The fourth-order valence-electron chi connectivity index (χ4n) is 1.02. The predicted octanol–water partition coefficient (Wildman–Crippen LogP) is 1.23. The summed E-state index contributed by atoms with van der Waals surface area (Å²) in [4.78, 5) is 13.7. The van der Waals surface area contributed by atoms with E-state index in [0.29, 0.717) is 5.52 Å². The minimum Gasteiger partial charge on any atom is -0.326 e. The highest BCUT2D eigenvalue weighted by atomic mass is 127. The Hall–Kier alpha value is -0.780. The Morgan fingerprint density at radius 1 is 1.55 bits per heavy atom. The van der Waals surface area contributed by atoms with Gasteiger partial charge in [0.05, 0.1) is 0 Å². The molecule has 3 nitrogen and oxygen atoms in total. The topological polar surface area (TPSA) is 37.3 Å². The lowest BCUT2D eigenvalue weighted by atomic mass is 10.5. The number of nitrogens with one attached hydrogen (secondary N) is 1. The minimum absolute atomic E-state index is 0.0459. The number of rotatable bonds is 0. The zero-order valence-corrected chi connectivity index (χ0v) is 7.70. The minimum atomic E-state index is -0.0459. The molecule has 0 amide bonds. The first-order valence-corrected chi connectivity index (χ1v) is 4.20. The van der Waals surface area contributed by atoms with Crippen molar-refractivity contribution in [1.82, 2.24) is 9.38 Å². The summed E-state index contributed by atoms with van der Waals surface area (Å²) in [6, 6.07) is 1.85. The third-order valence-corrected chi connectivity index (χ3v) is 2.09. The van der Waals surface area contributed by atoms with Gasteiger partial charge in [0.1, 0.15) is 5.52 Å². The average Bonchev–Trinajstić information content (AvgIpc) is 2.31. The lowest BCUT2D eigenvalue weighted by molar-refractivity contribution is 1.10. The van der Waals surface area contributed by atoms with Crippen LogP contribution in [0.1, 0.15) is 0 Å². The highest BCUT2D eigenvalue weighted by molar-refractivity contribution is 14.1. The van der Waals surface area contributed by atoms with Gasteiger partial charge in [0, 0.05) is 22.2 Å². The van der Waals surface area contributed by atoms with Gasteiger partial charge in [0.15, 0.2) is 0 Å². The highest BCUT2D eigenvalue weighted by Crippen LogP contribution is 2.07. The van der Waals surface area contributed by atoms with Crippen molar-refractivity contribution in [3.05, 3.63) is 38.6 Å². The van der Waals surface area contributed by atoms with Gasteiger partial charge < -0.3 is 9.38 Å². The number of halogens is 1. The second-order valence-corrected chi connectivity index (χ2v) is 3.49. The standard InChI is InChI=1S/C7H5IN2O/c8-5-3-6-7(11)9-1-2-10(6)4-5/h1-4H,(H,9,11). The van der Waals surface area contributed by atoms with Gasteiger partial charge in [-0.15, -0.1) is 0 Å². The van der Waals surface area contributed by atoms with Crippen LogP contribution < -0.4 is 5.56 Å². The van der Waals surface area contributed by atoms with Gasteiger partial charge in [-0.1, -0.05) is 0 Å². The van der Waals surface area contributed by atoms with Crippen LogP contribution in [0.5, 0.6) is 0 Å². The lowest BCUT2D eigenvalue weighted by Crippen LogP contribution is -2.06. The van der Waals surface area contributed by atoms with Gasteiger partial charge in [-0.3, -0.25) is 4.79 Å². The summed E-state index contributed by atoms with van der Waals surface area (Å²) < 4.78 is 2.87. The van der Waals surface area contributed by atoms with Crippen molar-refractivity contribution in [1.29, 1.82) is 0 Å². The molecule has 1 N–H and O–H groups in total. The first kappa shape index (κ1) is 6.90. The predicted molar refractivity (Wildman–Crippen MR) is 50.7 cm³/mol. The summed E-state index contributed by atoms with van der Waals surface area (Å²) >= 11 is 2.18. The van der Waals surface area contributed by atoms with Crippen LogP contribution in [0.3, 0.4) is 0 Å². The normalized spacial score (nSPS) is 10.6. The Labute approximate surface area is 76.2 Å². The van der Waals surface area contributed by atoms with Crippen molar-refractivity contribution in [2.75, 3.05) is 0 Å². The SMILES string of the molecule is O=c1[nH]ccn2cc(I)cc12. The monoisotopic (exact) mass is 260 g/mol. The fraction of sp³-hybridized carbons (Fsp3) is 0. The molecule has 0 fully saturated rings. The van der Waals surface area contributed by atoms with Crippen LogP contribution in [0, 0.1) is 3.57 Å². The average molecular weight is 260 g/mol. The number of fused-ring (bicyclic) bond motifs is 1. The molecule has 2 heterocycles. The largest absolute Gasteiger partial charge is 0.326 e. The summed E-state index contributed by atoms with van der Waals surface area (Å²) in [6.45, 7) is 0. The van der Waals surface area contributed by atoms with E-state index in [-0.39, 0.29) is 5.56 Å². The third-order valence-electron chi connectivity index (χ3n) is 1.50. The first-order valence-electron chi connectivity index (χ1n) is 3.12. The molecule has 0 aromatic carbocycles. The molecule has 0 atom stereocenters. The molecule has 2 rings (SSSR count). The Morgan fingerprint density at radius 3 is 3.09 bits per heavy atom. The molecule has 2 aromatic rings. The molecule has 0 saturated carbocycles. The second-order valence-electron chi connectivity index (χ2n) is 2.24. The molecule has 0 aliphatic carbocycles. The van der Waals surface area contributed by atoms with Crippen LogP contribution in [0.4, 0.5) is 0 Å². The van der Waals surface area contributed by atoms with Crippen LogP contribution in [-0.2, 0) is 0 Å². The van der Waals surface area contributed by atoms with Crippen LogP contribution in [0.15, 0.2) is 29.5 Å². The summed E-state index contributed by atoms with van der Waals surface area (Å²) in [7, 11) is 0. The zero-order valence-electron chi connectivity index (χ0n) is 5.54. The van der Waals surface area contributed by atoms with E-state index in [1.807, 2.05) is 18.5 Å². The smallest absolute Gasteiger partial charge is 0.272 e. The molecule has 56 valence electrons. The van der Waals surface area contributed by atoms with Crippen molar-refractivity contribution in [2.45, 2.75) is 0 Å². The van der Waals surface area contributed by atoms with Gasteiger partial charge in [-0.05, 0) is 28.7 Å². The van der Waals surface area contributed by atoms with Crippen LogP contribution in [0.25, 0.3) is 5.52 Å². The van der Waals surface area contributed by atoms with E-state index in [9.17, 15) is 4.79 Å².